The van der Waals surface area contributed by atoms with Gasteiger partial charge in [-0.25, -0.2) is 4.39 Å². The van der Waals surface area contributed by atoms with Crippen molar-refractivity contribution in [1.82, 2.24) is 4.98 Å². The Morgan fingerprint density at radius 3 is 2.89 bits per heavy atom. The number of aliphatic hydroxyl groups excluding tert-OH is 1. The molecule has 27 heavy (non-hydrogen) atoms. The number of halogens is 2. The lowest BCUT2D eigenvalue weighted by atomic mass is 10.0. The Morgan fingerprint density at radius 2 is 2.19 bits per heavy atom. The highest BCUT2D eigenvalue weighted by Gasteiger charge is 2.17. The van der Waals surface area contributed by atoms with Gasteiger partial charge in [-0.3, -0.25) is 4.98 Å². The number of pyridine rings is 1. The molecule has 2 heterocycles. The van der Waals surface area contributed by atoms with Crippen LogP contribution in [0.1, 0.15) is 48.4 Å². The van der Waals surface area contributed by atoms with E-state index < -0.39 is 5.82 Å². The molecular weight excluding hydrogens is 369 g/mol. The number of hydrogen-bond acceptors (Lipinski definition) is 4. The van der Waals surface area contributed by atoms with Gasteiger partial charge in [-0.1, -0.05) is 29.8 Å². The molecule has 2 unspecified atom stereocenters. The van der Waals surface area contributed by atoms with Gasteiger partial charge in [0.25, 0.3) is 0 Å². The van der Waals surface area contributed by atoms with Crippen LogP contribution in [0.15, 0.2) is 36.5 Å². The van der Waals surface area contributed by atoms with Crippen molar-refractivity contribution < 1.29 is 19.0 Å². The Hall–Kier alpha value is -1.53. The molecule has 1 fully saturated rings. The number of aromatic nitrogens is 1. The highest BCUT2D eigenvalue weighted by molar-refractivity contribution is 6.30. The highest BCUT2D eigenvalue weighted by atomic mass is 35.5. The fourth-order valence-electron chi connectivity index (χ4n) is 3.20. The molecule has 4 nitrogen and oxygen atoms in total. The number of rotatable bonds is 8. The minimum absolute atomic E-state index is 0.00412. The number of hydrogen-bond donors (Lipinski definition) is 1. The first-order valence-electron chi connectivity index (χ1n) is 9.39. The molecule has 0 bridgehead atoms. The molecule has 146 valence electrons. The van der Waals surface area contributed by atoms with Gasteiger partial charge in [-0.05, 0) is 48.9 Å². The first-order chi connectivity index (χ1) is 13.2. The zero-order valence-electron chi connectivity index (χ0n) is 15.2. The second-order valence-corrected chi connectivity index (χ2v) is 7.22. The minimum Gasteiger partial charge on any atom is -0.396 e. The summed E-state index contributed by atoms with van der Waals surface area (Å²) < 4.78 is 25.3. The van der Waals surface area contributed by atoms with Gasteiger partial charge >= 0.3 is 0 Å². The summed E-state index contributed by atoms with van der Waals surface area (Å²) in [6, 6.07) is 8.79. The van der Waals surface area contributed by atoms with E-state index in [1.54, 1.807) is 18.3 Å². The van der Waals surface area contributed by atoms with Crippen molar-refractivity contribution in [3.8, 4) is 0 Å². The normalized spacial score (nSPS) is 18.4. The molecule has 0 spiro atoms. The van der Waals surface area contributed by atoms with Gasteiger partial charge in [0.2, 0.25) is 0 Å². The topological polar surface area (TPSA) is 51.6 Å². The summed E-state index contributed by atoms with van der Waals surface area (Å²) in [5.41, 5.74) is 2.24. The Labute approximate surface area is 164 Å². The van der Waals surface area contributed by atoms with Crippen LogP contribution in [-0.4, -0.2) is 36.2 Å². The van der Waals surface area contributed by atoms with Crippen LogP contribution in [-0.2, 0) is 15.9 Å². The van der Waals surface area contributed by atoms with Crippen molar-refractivity contribution in [2.45, 2.75) is 44.3 Å². The zero-order valence-corrected chi connectivity index (χ0v) is 16.0. The SMILES string of the molecule is OCC(CCOC1CCCCO1)c1ccc(Cc2cccc(Cl)c2F)cn1. The van der Waals surface area contributed by atoms with Crippen molar-refractivity contribution >= 4 is 11.6 Å². The lowest BCUT2D eigenvalue weighted by molar-refractivity contribution is -0.163. The molecule has 0 amide bonds. The summed E-state index contributed by atoms with van der Waals surface area (Å²) >= 11 is 5.83. The van der Waals surface area contributed by atoms with Gasteiger partial charge in [-0.15, -0.1) is 0 Å². The zero-order chi connectivity index (χ0) is 19.1. The molecular formula is C21H25ClFNO3. The first-order valence-corrected chi connectivity index (χ1v) is 9.77. The molecule has 1 N–H and O–H groups in total. The Morgan fingerprint density at radius 1 is 1.30 bits per heavy atom. The van der Waals surface area contributed by atoms with Crippen LogP contribution in [0, 0.1) is 5.82 Å². The van der Waals surface area contributed by atoms with Gasteiger partial charge in [-0.2, -0.15) is 0 Å². The van der Waals surface area contributed by atoms with Gasteiger partial charge in [0.15, 0.2) is 6.29 Å². The van der Waals surface area contributed by atoms with E-state index in [0.29, 0.717) is 25.0 Å². The highest BCUT2D eigenvalue weighted by Crippen LogP contribution is 2.22. The van der Waals surface area contributed by atoms with Gasteiger partial charge in [0, 0.05) is 30.8 Å². The molecule has 0 radical (unpaired) electrons. The van der Waals surface area contributed by atoms with E-state index in [1.165, 1.54) is 6.07 Å². The lowest BCUT2D eigenvalue weighted by Gasteiger charge is -2.23. The minimum atomic E-state index is -0.390. The predicted octanol–water partition coefficient (Wildman–Crippen LogP) is 4.47. The first kappa shape index (κ1) is 20.2. The average molecular weight is 394 g/mol. The Bertz CT molecular complexity index is 720. The monoisotopic (exact) mass is 393 g/mol. The fourth-order valence-corrected chi connectivity index (χ4v) is 3.40. The van der Waals surface area contributed by atoms with Crippen molar-refractivity contribution in [2.75, 3.05) is 19.8 Å². The van der Waals surface area contributed by atoms with Gasteiger partial charge in [0.05, 0.1) is 18.2 Å². The van der Waals surface area contributed by atoms with Crippen LogP contribution < -0.4 is 0 Å². The molecule has 0 aliphatic carbocycles. The third kappa shape index (κ3) is 5.72. The summed E-state index contributed by atoms with van der Waals surface area (Å²) in [5.74, 6) is -0.482. The van der Waals surface area contributed by atoms with E-state index >= 15 is 0 Å². The number of aliphatic hydroxyl groups is 1. The molecule has 2 aromatic rings. The van der Waals surface area contributed by atoms with E-state index in [1.807, 2.05) is 12.1 Å². The number of benzene rings is 1. The van der Waals surface area contributed by atoms with E-state index in [9.17, 15) is 9.50 Å². The molecule has 1 aromatic heterocycles. The molecule has 1 aliphatic rings. The van der Waals surface area contributed by atoms with Crippen molar-refractivity contribution in [3.05, 3.63) is 64.2 Å². The maximum atomic E-state index is 14.0. The lowest BCUT2D eigenvalue weighted by Crippen LogP contribution is -2.23. The van der Waals surface area contributed by atoms with Crippen LogP contribution in [0.5, 0.6) is 0 Å². The van der Waals surface area contributed by atoms with Crippen LogP contribution >= 0.6 is 11.6 Å². The van der Waals surface area contributed by atoms with E-state index in [4.69, 9.17) is 21.1 Å². The van der Waals surface area contributed by atoms with Crippen molar-refractivity contribution in [2.24, 2.45) is 0 Å². The molecule has 1 aliphatic heterocycles. The van der Waals surface area contributed by atoms with Crippen LogP contribution in [0.2, 0.25) is 5.02 Å². The second-order valence-electron chi connectivity index (χ2n) is 6.82. The third-order valence-electron chi connectivity index (χ3n) is 4.82. The molecule has 3 rings (SSSR count). The second kappa shape index (κ2) is 10.1. The Kier molecular flexibility index (Phi) is 7.59. The fraction of sp³-hybridized carbons (Fsp3) is 0.476. The predicted molar refractivity (Wildman–Crippen MR) is 102 cm³/mol. The van der Waals surface area contributed by atoms with Crippen molar-refractivity contribution in [1.29, 1.82) is 0 Å². The smallest absolute Gasteiger partial charge is 0.157 e. The van der Waals surface area contributed by atoms with Crippen LogP contribution in [0.3, 0.4) is 0 Å². The number of ether oxygens (including phenoxy) is 2. The number of nitrogens with zero attached hydrogens (tertiary/aromatic N) is 1. The van der Waals surface area contributed by atoms with E-state index in [-0.39, 0.29) is 23.8 Å². The van der Waals surface area contributed by atoms with E-state index in [2.05, 4.69) is 4.98 Å². The Balaban J connectivity index is 1.55. The molecule has 6 heteroatoms. The third-order valence-corrected chi connectivity index (χ3v) is 5.11. The van der Waals surface area contributed by atoms with Crippen molar-refractivity contribution in [3.63, 3.8) is 0 Å². The maximum absolute atomic E-state index is 14.0. The summed E-state index contributed by atoms with van der Waals surface area (Å²) in [6.07, 6.45) is 5.84. The van der Waals surface area contributed by atoms with Crippen LogP contribution in [0.25, 0.3) is 0 Å². The average Bonchev–Trinajstić information content (AvgIpc) is 2.70. The molecule has 1 saturated heterocycles. The standard InChI is InChI=1S/C21H25ClFNO3/c22-18-5-3-4-16(21(18)23)12-15-7-8-19(24-13-15)17(14-25)9-11-27-20-6-1-2-10-26-20/h3-5,7-8,13,17,20,25H,1-2,6,9-12,14H2. The van der Waals surface area contributed by atoms with E-state index in [0.717, 1.165) is 37.1 Å². The van der Waals surface area contributed by atoms with Gasteiger partial charge < -0.3 is 14.6 Å². The largest absolute Gasteiger partial charge is 0.396 e. The maximum Gasteiger partial charge on any atom is 0.157 e. The van der Waals surface area contributed by atoms with Crippen LogP contribution in [0.4, 0.5) is 4.39 Å². The summed E-state index contributed by atoms with van der Waals surface area (Å²) in [4.78, 5) is 4.46. The summed E-state index contributed by atoms with van der Waals surface area (Å²) in [7, 11) is 0. The molecule has 0 saturated carbocycles. The summed E-state index contributed by atoms with van der Waals surface area (Å²) in [5, 5.41) is 9.82. The molecule has 2 atom stereocenters. The molecule has 1 aromatic carbocycles. The van der Waals surface area contributed by atoms with Gasteiger partial charge in [0.1, 0.15) is 5.82 Å². The quantitative estimate of drug-likeness (QED) is 0.718. The summed E-state index contributed by atoms with van der Waals surface area (Å²) in [6.45, 7) is 1.28.